The Balaban J connectivity index is 1.80. The molecule has 24 heavy (non-hydrogen) atoms. The molecule has 0 radical (unpaired) electrons. The molecule has 3 rings (SSSR count). The van der Waals surface area contributed by atoms with Gasteiger partial charge in [-0.15, -0.1) is 5.10 Å². The molecular weight excluding hydrogens is 308 g/mol. The van der Waals surface area contributed by atoms with Crippen LogP contribution in [0.1, 0.15) is 42.8 Å². The van der Waals surface area contributed by atoms with Gasteiger partial charge in [-0.3, -0.25) is 0 Å². The number of rotatable bonds is 4. The van der Waals surface area contributed by atoms with Crippen LogP contribution in [0, 0.1) is 0 Å². The minimum atomic E-state index is -0.973. The standard InChI is InChI=1S/C17H18N4O3/c1-17(2,3)14-8-18-15(24-14)10-21-9-13(19-20-21)11-5-4-6-12(7-11)16(22)23/h4-9H,10H2,1-3H3,(H,22,23). The molecule has 0 spiro atoms. The van der Waals surface area contributed by atoms with Crippen molar-refractivity contribution in [1.82, 2.24) is 20.0 Å². The predicted octanol–water partition coefficient (Wildman–Crippen LogP) is 2.98. The average molecular weight is 326 g/mol. The molecule has 2 aromatic heterocycles. The summed E-state index contributed by atoms with van der Waals surface area (Å²) in [5, 5.41) is 17.2. The van der Waals surface area contributed by atoms with Crippen LogP contribution < -0.4 is 0 Å². The molecule has 2 heterocycles. The van der Waals surface area contributed by atoms with Crippen LogP contribution in [0.15, 0.2) is 41.1 Å². The van der Waals surface area contributed by atoms with E-state index in [1.807, 2.05) is 0 Å². The van der Waals surface area contributed by atoms with Crippen molar-refractivity contribution < 1.29 is 14.3 Å². The first-order valence-corrected chi connectivity index (χ1v) is 7.52. The summed E-state index contributed by atoms with van der Waals surface area (Å²) in [6, 6.07) is 6.59. The Labute approximate surface area is 139 Å². The summed E-state index contributed by atoms with van der Waals surface area (Å²) in [6.45, 7) is 6.53. The van der Waals surface area contributed by atoms with E-state index in [1.165, 1.54) is 6.07 Å². The van der Waals surface area contributed by atoms with Crippen LogP contribution in [0.5, 0.6) is 0 Å². The lowest BCUT2D eigenvalue weighted by Gasteiger charge is -2.12. The zero-order chi connectivity index (χ0) is 17.3. The second-order valence-corrected chi connectivity index (χ2v) is 6.56. The number of aromatic carboxylic acids is 1. The highest BCUT2D eigenvalue weighted by Gasteiger charge is 2.19. The fourth-order valence-electron chi connectivity index (χ4n) is 2.19. The monoisotopic (exact) mass is 326 g/mol. The molecule has 0 saturated carbocycles. The predicted molar refractivity (Wildman–Crippen MR) is 86.7 cm³/mol. The molecule has 3 aromatic rings. The van der Waals surface area contributed by atoms with E-state index in [1.54, 1.807) is 35.3 Å². The maximum Gasteiger partial charge on any atom is 0.335 e. The van der Waals surface area contributed by atoms with Crippen molar-refractivity contribution >= 4 is 5.97 Å². The summed E-state index contributed by atoms with van der Waals surface area (Å²) in [5.41, 5.74) is 1.41. The molecule has 0 unspecified atom stereocenters. The first-order chi connectivity index (χ1) is 11.3. The number of aromatic nitrogens is 4. The lowest BCUT2D eigenvalue weighted by atomic mass is 9.94. The van der Waals surface area contributed by atoms with Crippen LogP contribution in [0.4, 0.5) is 0 Å². The zero-order valence-electron chi connectivity index (χ0n) is 13.7. The highest BCUT2D eigenvalue weighted by molar-refractivity contribution is 5.89. The van der Waals surface area contributed by atoms with Gasteiger partial charge in [0.05, 0.1) is 18.0 Å². The maximum absolute atomic E-state index is 11.1. The van der Waals surface area contributed by atoms with E-state index in [0.29, 0.717) is 23.7 Å². The van der Waals surface area contributed by atoms with Crippen molar-refractivity contribution in [1.29, 1.82) is 0 Å². The van der Waals surface area contributed by atoms with Crippen LogP contribution in [0.3, 0.4) is 0 Å². The molecule has 124 valence electrons. The Morgan fingerprint density at radius 3 is 2.79 bits per heavy atom. The molecule has 0 saturated heterocycles. The van der Waals surface area contributed by atoms with Gasteiger partial charge in [-0.2, -0.15) is 0 Å². The van der Waals surface area contributed by atoms with Gasteiger partial charge in [0.25, 0.3) is 0 Å². The smallest absolute Gasteiger partial charge is 0.335 e. The first kappa shape index (κ1) is 15.9. The second-order valence-electron chi connectivity index (χ2n) is 6.56. The highest BCUT2D eigenvalue weighted by atomic mass is 16.4. The largest absolute Gasteiger partial charge is 0.478 e. The summed E-state index contributed by atoms with van der Waals surface area (Å²) in [4.78, 5) is 15.3. The molecule has 0 aliphatic carbocycles. The quantitative estimate of drug-likeness (QED) is 0.792. The molecule has 0 aliphatic heterocycles. The van der Waals surface area contributed by atoms with E-state index in [9.17, 15) is 4.79 Å². The molecule has 1 N–H and O–H groups in total. The van der Waals surface area contributed by atoms with Crippen LogP contribution in [-0.2, 0) is 12.0 Å². The topological polar surface area (TPSA) is 94.0 Å². The fraction of sp³-hybridized carbons (Fsp3) is 0.294. The van der Waals surface area contributed by atoms with Gasteiger partial charge in [-0.1, -0.05) is 38.1 Å². The van der Waals surface area contributed by atoms with E-state index in [0.717, 1.165) is 5.76 Å². The molecular formula is C17H18N4O3. The van der Waals surface area contributed by atoms with Gasteiger partial charge >= 0.3 is 5.97 Å². The Hall–Kier alpha value is -2.96. The number of benzene rings is 1. The zero-order valence-corrected chi connectivity index (χ0v) is 13.7. The van der Waals surface area contributed by atoms with Crippen molar-refractivity contribution in [2.45, 2.75) is 32.7 Å². The van der Waals surface area contributed by atoms with Gasteiger partial charge in [-0.05, 0) is 12.1 Å². The van der Waals surface area contributed by atoms with E-state index in [-0.39, 0.29) is 11.0 Å². The Bertz CT molecular complexity index is 874. The molecule has 1 aromatic carbocycles. The van der Waals surface area contributed by atoms with Crippen molar-refractivity contribution in [2.75, 3.05) is 0 Å². The molecule has 7 nitrogen and oxygen atoms in total. The summed E-state index contributed by atoms with van der Waals surface area (Å²) < 4.78 is 7.35. The van der Waals surface area contributed by atoms with Gasteiger partial charge < -0.3 is 9.52 Å². The number of nitrogens with zero attached hydrogens (tertiary/aromatic N) is 4. The number of oxazole rings is 1. The van der Waals surface area contributed by atoms with Crippen molar-refractivity contribution in [3.05, 3.63) is 53.9 Å². The van der Waals surface area contributed by atoms with Crippen LogP contribution in [-0.4, -0.2) is 31.1 Å². The van der Waals surface area contributed by atoms with Crippen LogP contribution >= 0.6 is 0 Å². The Morgan fingerprint density at radius 2 is 2.12 bits per heavy atom. The first-order valence-electron chi connectivity index (χ1n) is 7.52. The third kappa shape index (κ3) is 3.34. The molecule has 7 heteroatoms. The van der Waals surface area contributed by atoms with E-state index in [4.69, 9.17) is 9.52 Å². The normalized spacial score (nSPS) is 11.6. The third-order valence-corrected chi connectivity index (χ3v) is 3.53. The minimum absolute atomic E-state index is 0.101. The van der Waals surface area contributed by atoms with Gasteiger partial charge in [0, 0.05) is 11.0 Å². The lowest BCUT2D eigenvalue weighted by Crippen LogP contribution is -2.09. The Morgan fingerprint density at radius 1 is 1.33 bits per heavy atom. The van der Waals surface area contributed by atoms with Crippen molar-refractivity contribution in [3.63, 3.8) is 0 Å². The number of hydrogen-bond acceptors (Lipinski definition) is 5. The summed E-state index contributed by atoms with van der Waals surface area (Å²) in [6.07, 6.45) is 3.46. The van der Waals surface area contributed by atoms with E-state index in [2.05, 4.69) is 36.1 Å². The Kier molecular flexibility index (Phi) is 3.92. The summed E-state index contributed by atoms with van der Waals surface area (Å²) in [5.74, 6) is 0.390. The number of carbonyl (C=O) groups is 1. The molecule has 0 aliphatic rings. The lowest BCUT2D eigenvalue weighted by molar-refractivity contribution is 0.0697. The summed E-state index contributed by atoms with van der Waals surface area (Å²) in [7, 11) is 0. The minimum Gasteiger partial charge on any atom is -0.478 e. The highest BCUT2D eigenvalue weighted by Crippen LogP contribution is 2.23. The molecule has 0 amide bonds. The van der Waals surface area contributed by atoms with E-state index < -0.39 is 5.97 Å². The van der Waals surface area contributed by atoms with Crippen molar-refractivity contribution in [2.24, 2.45) is 0 Å². The van der Waals surface area contributed by atoms with Crippen molar-refractivity contribution in [3.8, 4) is 11.3 Å². The van der Waals surface area contributed by atoms with Crippen LogP contribution in [0.2, 0.25) is 0 Å². The molecule has 0 atom stereocenters. The maximum atomic E-state index is 11.1. The molecule has 0 bridgehead atoms. The van der Waals surface area contributed by atoms with Gasteiger partial charge in [0.15, 0.2) is 0 Å². The van der Waals surface area contributed by atoms with Crippen LogP contribution in [0.25, 0.3) is 11.3 Å². The van der Waals surface area contributed by atoms with E-state index >= 15 is 0 Å². The van der Waals surface area contributed by atoms with Gasteiger partial charge in [-0.25, -0.2) is 14.5 Å². The second kappa shape index (κ2) is 5.92. The number of hydrogen-bond donors (Lipinski definition) is 1. The van der Waals surface area contributed by atoms with Gasteiger partial charge in [0.1, 0.15) is 18.0 Å². The fourth-order valence-corrected chi connectivity index (χ4v) is 2.19. The average Bonchev–Trinajstić information content (AvgIpc) is 3.17. The van der Waals surface area contributed by atoms with Gasteiger partial charge in [0.2, 0.25) is 5.89 Å². The SMILES string of the molecule is CC(C)(C)c1cnc(Cn2cc(-c3cccc(C(=O)O)c3)nn2)o1. The molecule has 0 fully saturated rings. The summed E-state index contributed by atoms with van der Waals surface area (Å²) >= 11 is 0. The number of carboxylic acid groups (broad SMARTS) is 1. The number of carboxylic acids is 1. The third-order valence-electron chi connectivity index (χ3n) is 3.53.